The van der Waals surface area contributed by atoms with Crippen LogP contribution in [0.1, 0.15) is 48.5 Å². The van der Waals surface area contributed by atoms with Crippen LogP contribution in [-0.2, 0) is 13.0 Å². The van der Waals surface area contributed by atoms with Crippen molar-refractivity contribution in [3.05, 3.63) is 23.5 Å². The minimum Gasteiger partial charge on any atom is -0.353 e. The molecule has 1 aromatic heterocycles. The van der Waals surface area contributed by atoms with Crippen LogP contribution in [0.2, 0.25) is 0 Å². The first-order valence-corrected chi connectivity index (χ1v) is 7.76. The first-order valence-electron chi connectivity index (χ1n) is 6.61. The lowest BCUT2D eigenvalue weighted by atomic mass is 10.1. The van der Waals surface area contributed by atoms with Gasteiger partial charge in [-0.1, -0.05) is 6.92 Å². The van der Waals surface area contributed by atoms with E-state index in [9.17, 15) is 4.79 Å². The van der Waals surface area contributed by atoms with E-state index in [1.165, 1.54) is 23.5 Å². The number of thioether (sulfide) groups is 1. The van der Waals surface area contributed by atoms with E-state index in [4.69, 9.17) is 0 Å². The van der Waals surface area contributed by atoms with Crippen molar-refractivity contribution < 1.29 is 4.79 Å². The minimum absolute atomic E-state index is 0.346. The Morgan fingerprint density at radius 3 is 2.94 bits per heavy atom. The van der Waals surface area contributed by atoms with Gasteiger partial charge in [0, 0.05) is 30.9 Å². The van der Waals surface area contributed by atoms with E-state index < -0.39 is 0 Å². The lowest BCUT2D eigenvalue weighted by Gasteiger charge is -2.02. The van der Waals surface area contributed by atoms with Crippen molar-refractivity contribution in [1.82, 2.24) is 4.57 Å². The fourth-order valence-electron chi connectivity index (χ4n) is 2.36. The highest BCUT2D eigenvalue weighted by atomic mass is 32.2. The minimum atomic E-state index is 0.346. The van der Waals surface area contributed by atoms with Gasteiger partial charge in [-0.3, -0.25) is 4.79 Å². The molecule has 2 nitrogen and oxygen atoms in total. The van der Waals surface area contributed by atoms with Gasteiger partial charge in [0.05, 0.1) is 0 Å². The summed E-state index contributed by atoms with van der Waals surface area (Å²) in [5.74, 6) is 2.76. The van der Waals surface area contributed by atoms with Crippen molar-refractivity contribution in [3.63, 3.8) is 0 Å². The maximum Gasteiger partial charge on any atom is 0.164 e. The predicted molar refractivity (Wildman–Crippen MR) is 73.9 cm³/mol. The molecule has 0 radical (unpaired) electrons. The number of ketones is 1. The topological polar surface area (TPSA) is 22.0 Å². The normalized spacial score (nSPS) is 15.7. The lowest BCUT2D eigenvalue weighted by Crippen LogP contribution is -1.98. The van der Waals surface area contributed by atoms with Crippen LogP contribution in [0.4, 0.5) is 0 Å². The molecule has 3 heteroatoms. The second-order valence-corrected chi connectivity index (χ2v) is 6.01. The number of aryl methyl sites for hydroxylation is 2. The molecular formula is C14H21NOS. The Bertz CT molecular complexity index is 384. The Balaban J connectivity index is 1.96. The number of rotatable bonds is 5. The van der Waals surface area contributed by atoms with Crippen molar-refractivity contribution in [2.24, 2.45) is 0 Å². The van der Waals surface area contributed by atoms with Gasteiger partial charge in [-0.05, 0) is 42.8 Å². The van der Waals surface area contributed by atoms with Crippen LogP contribution >= 0.6 is 11.8 Å². The van der Waals surface area contributed by atoms with E-state index in [0.29, 0.717) is 5.78 Å². The standard InChI is InChI=1S/C14H21NOS/c1-2-17-9-5-8-15-10-12-6-3-4-7-14(16)13(12)11-15/h10-11H,2-9H2,1H3. The number of carbonyl (C=O) groups is 1. The Morgan fingerprint density at radius 2 is 2.12 bits per heavy atom. The fraction of sp³-hybridized carbons (Fsp3) is 0.643. The highest BCUT2D eigenvalue weighted by Gasteiger charge is 2.17. The third kappa shape index (κ3) is 3.38. The molecule has 1 aliphatic rings. The van der Waals surface area contributed by atoms with Gasteiger partial charge in [0.15, 0.2) is 5.78 Å². The number of hydrogen-bond donors (Lipinski definition) is 0. The van der Waals surface area contributed by atoms with Crippen LogP contribution < -0.4 is 0 Å². The van der Waals surface area contributed by atoms with Gasteiger partial charge in [0.25, 0.3) is 0 Å². The van der Waals surface area contributed by atoms with Gasteiger partial charge >= 0.3 is 0 Å². The summed E-state index contributed by atoms with van der Waals surface area (Å²) in [7, 11) is 0. The quantitative estimate of drug-likeness (QED) is 0.590. The highest BCUT2D eigenvalue weighted by molar-refractivity contribution is 7.99. The number of nitrogens with zero attached hydrogens (tertiary/aromatic N) is 1. The number of aromatic nitrogens is 1. The molecule has 0 spiro atoms. The van der Waals surface area contributed by atoms with Gasteiger partial charge < -0.3 is 4.57 Å². The fourth-order valence-corrected chi connectivity index (χ4v) is 2.99. The monoisotopic (exact) mass is 251 g/mol. The van der Waals surface area contributed by atoms with Crippen LogP contribution in [0.3, 0.4) is 0 Å². The van der Waals surface area contributed by atoms with Crippen molar-refractivity contribution >= 4 is 17.5 Å². The first kappa shape index (κ1) is 12.7. The summed E-state index contributed by atoms with van der Waals surface area (Å²) in [5.41, 5.74) is 2.27. The molecule has 1 aromatic rings. The Kier molecular flexibility index (Phi) is 4.72. The zero-order valence-corrected chi connectivity index (χ0v) is 11.4. The van der Waals surface area contributed by atoms with E-state index in [1.807, 2.05) is 11.8 Å². The van der Waals surface area contributed by atoms with Gasteiger partial charge in [0.1, 0.15) is 0 Å². The molecule has 0 saturated carbocycles. The summed E-state index contributed by atoms with van der Waals surface area (Å²) < 4.78 is 2.21. The molecule has 94 valence electrons. The predicted octanol–water partition coefficient (Wildman–Crippen LogP) is 3.54. The third-order valence-corrected chi connectivity index (χ3v) is 4.26. The molecule has 0 aromatic carbocycles. The molecule has 0 unspecified atom stereocenters. The third-order valence-electron chi connectivity index (χ3n) is 3.27. The molecule has 0 bridgehead atoms. The maximum atomic E-state index is 11.9. The number of hydrogen-bond acceptors (Lipinski definition) is 2. The van der Waals surface area contributed by atoms with E-state index in [1.54, 1.807) is 0 Å². The van der Waals surface area contributed by atoms with Crippen molar-refractivity contribution in [2.45, 2.75) is 45.6 Å². The molecular weight excluding hydrogens is 230 g/mol. The van der Waals surface area contributed by atoms with Gasteiger partial charge in [0.2, 0.25) is 0 Å². The van der Waals surface area contributed by atoms with Crippen LogP contribution in [0.5, 0.6) is 0 Å². The van der Waals surface area contributed by atoms with Crippen LogP contribution in [0.25, 0.3) is 0 Å². The summed E-state index contributed by atoms with van der Waals surface area (Å²) in [6.07, 6.45) is 9.49. The summed E-state index contributed by atoms with van der Waals surface area (Å²) in [6.45, 7) is 3.24. The molecule has 2 rings (SSSR count). The van der Waals surface area contributed by atoms with E-state index in [2.05, 4.69) is 23.9 Å². The Labute approximate surface area is 108 Å². The van der Waals surface area contributed by atoms with Gasteiger partial charge in [-0.2, -0.15) is 11.8 Å². The number of fused-ring (bicyclic) bond motifs is 1. The molecule has 0 amide bonds. The smallest absolute Gasteiger partial charge is 0.164 e. The first-order chi connectivity index (χ1) is 8.31. The summed E-state index contributed by atoms with van der Waals surface area (Å²) in [5, 5.41) is 0. The van der Waals surface area contributed by atoms with E-state index >= 15 is 0 Å². The summed E-state index contributed by atoms with van der Waals surface area (Å²) >= 11 is 1.99. The SMILES string of the molecule is CCSCCCn1cc2c(c1)C(=O)CCCC2. The van der Waals surface area contributed by atoms with Crippen LogP contribution in [0.15, 0.2) is 12.4 Å². The van der Waals surface area contributed by atoms with Crippen molar-refractivity contribution in [2.75, 3.05) is 11.5 Å². The van der Waals surface area contributed by atoms with Gasteiger partial charge in [-0.15, -0.1) is 0 Å². The summed E-state index contributed by atoms with van der Waals surface area (Å²) in [6, 6.07) is 0. The Hall–Kier alpha value is -0.700. The van der Waals surface area contributed by atoms with Crippen molar-refractivity contribution in [1.29, 1.82) is 0 Å². The number of carbonyl (C=O) groups excluding carboxylic acids is 1. The van der Waals surface area contributed by atoms with Crippen molar-refractivity contribution in [3.8, 4) is 0 Å². The molecule has 0 N–H and O–H groups in total. The Morgan fingerprint density at radius 1 is 1.29 bits per heavy atom. The molecule has 1 aliphatic carbocycles. The van der Waals surface area contributed by atoms with Gasteiger partial charge in [-0.25, -0.2) is 0 Å². The second kappa shape index (κ2) is 6.29. The van der Waals surface area contributed by atoms with E-state index in [-0.39, 0.29) is 0 Å². The zero-order chi connectivity index (χ0) is 12.1. The lowest BCUT2D eigenvalue weighted by molar-refractivity contribution is 0.0982. The largest absolute Gasteiger partial charge is 0.353 e. The van der Waals surface area contributed by atoms with Crippen LogP contribution in [0, 0.1) is 0 Å². The average molecular weight is 251 g/mol. The molecule has 0 aliphatic heterocycles. The number of Topliss-reactive ketones (excluding diaryl/α,β-unsaturated/α-hetero) is 1. The molecule has 17 heavy (non-hydrogen) atoms. The molecule has 0 atom stereocenters. The maximum absolute atomic E-state index is 11.9. The average Bonchev–Trinajstić information content (AvgIpc) is 2.66. The summed E-state index contributed by atoms with van der Waals surface area (Å²) in [4.78, 5) is 11.9. The van der Waals surface area contributed by atoms with E-state index in [0.717, 1.165) is 37.8 Å². The molecule has 0 saturated heterocycles. The molecule has 1 heterocycles. The molecule has 0 fully saturated rings. The highest BCUT2D eigenvalue weighted by Crippen LogP contribution is 2.21. The zero-order valence-electron chi connectivity index (χ0n) is 10.6. The van der Waals surface area contributed by atoms with Crippen LogP contribution in [-0.4, -0.2) is 21.9 Å². The second-order valence-electron chi connectivity index (χ2n) is 4.62.